The molecule has 0 saturated carbocycles. The molecule has 2 aromatic rings. The third-order valence-corrected chi connectivity index (χ3v) is 5.99. The van der Waals surface area contributed by atoms with Crippen molar-refractivity contribution in [1.82, 2.24) is 24.9 Å². The van der Waals surface area contributed by atoms with Crippen molar-refractivity contribution in [2.75, 3.05) is 51.6 Å². The number of aromatic nitrogens is 2. The molecule has 0 unspecified atom stereocenters. The number of hydrogen-bond acceptors (Lipinski definition) is 4. The highest BCUT2D eigenvalue weighted by Gasteiger charge is 2.27. The van der Waals surface area contributed by atoms with Crippen LogP contribution in [-0.2, 0) is 0 Å². The van der Waals surface area contributed by atoms with Crippen molar-refractivity contribution in [2.24, 2.45) is 0 Å². The quantitative estimate of drug-likeness (QED) is 0.868. The standard InChI is InChI=1S/C20H30N6O/c1-24-11-13-25(14-12-24)10-8-16-5-2-3-9-26(16)20(27)22-18-6-4-7-19-17(18)15-21-23-19/h4,6-7,15-16H,2-3,5,8-14H2,1H3,(H,21,23)(H,22,27)/t16-/m0/s1. The highest BCUT2D eigenvalue weighted by atomic mass is 16.2. The van der Waals surface area contributed by atoms with Crippen molar-refractivity contribution in [3.8, 4) is 0 Å². The molecule has 146 valence electrons. The maximum Gasteiger partial charge on any atom is 0.322 e. The van der Waals surface area contributed by atoms with Crippen molar-refractivity contribution in [2.45, 2.75) is 31.7 Å². The number of likely N-dealkylation sites (tertiary alicyclic amines) is 1. The molecule has 2 saturated heterocycles. The van der Waals surface area contributed by atoms with Gasteiger partial charge in [-0.3, -0.25) is 5.10 Å². The summed E-state index contributed by atoms with van der Waals surface area (Å²) in [6.45, 7) is 6.49. The van der Waals surface area contributed by atoms with Gasteiger partial charge in [0, 0.05) is 50.7 Å². The molecule has 2 fully saturated rings. The van der Waals surface area contributed by atoms with Crippen LogP contribution >= 0.6 is 0 Å². The van der Waals surface area contributed by atoms with Crippen molar-refractivity contribution in [1.29, 1.82) is 0 Å². The number of amides is 2. The summed E-state index contributed by atoms with van der Waals surface area (Å²) < 4.78 is 0. The largest absolute Gasteiger partial charge is 0.322 e. The molecule has 7 nitrogen and oxygen atoms in total. The lowest BCUT2D eigenvalue weighted by Gasteiger charge is -2.38. The van der Waals surface area contributed by atoms with Crippen LogP contribution in [0.4, 0.5) is 10.5 Å². The molecule has 0 radical (unpaired) electrons. The van der Waals surface area contributed by atoms with E-state index in [1.54, 1.807) is 6.20 Å². The molecule has 1 aromatic heterocycles. The summed E-state index contributed by atoms with van der Waals surface area (Å²) in [6.07, 6.45) is 6.25. The Morgan fingerprint density at radius 3 is 2.93 bits per heavy atom. The number of aromatic amines is 1. The first-order valence-corrected chi connectivity index (χ1v) is 10.1. The monoisotopic (exact) mass is 370 g/mol. The van der Waals surface area contributed by atoms with E-state index >= 15 is 0 Å². The van der Waals surface area contributed by atoms with Gasteiger partial charge >= 0.3 is 6.03 Å². The Bertz CT molecular complexity index is 767. The number of nitrogens with one attached hydrogen (secondary N) is 2. The van der Waals surface area contributed by atoms with Crippen LogP contribution in [0.25, 0.3) is 10.9 Å². The Labute approximate surface area is 160 Å². The molecule has 0 bridgehead atoms. The number of rotatable bonds is 4. The van der Waals surface area contributed by atoms with Crippen molar-refractivity contribution < 1.29 is 4.79 Å². The normalized spacial score (nSPS) is 22.3. The molecule has 1 atom stereocenters. The van der Waals surface area contributed by atoms with Gasteiger partial charge in [-0.15, -0.1) is 0 Å². The fraction of sp³-hybridized carbons (Fsp3) is 0.600. The van der Waals surface area contributed by atoms with Gasteiger partial charge in [-0.25, -0.2) is 4.79 Å². The van der Waals surface area contributed by atoms with Crippen LogP contribution < -0.4 is 5.32 Å². The van der Waals surface area contributed by atoms with Gasteiger partial charge in [-0.2, -0.15) is 5.10 Å². The summed E-state index contributed by atoms with van der Waals surface area (Å²) in [7, 11) is 2.19. The van der Waals surface area contributed by atoms with Gasteiger partial charge in [0.2, 0.25) is 0 Å². The summed E-state index contributed by atoms with van der Waals surface area (Å²) in [5.41, 5.74) is 1.77. The number of urea groups is 1. The van der Waals surface area contributed by atoms with Crippen molar-refractivity contribution in [3.63, 3.8) is 0 Å². The van der Waals surface area contributed by atoms with Crippen molar-refractivity contribution >= 4 is 22.6 Å². The first kappa shape index (κ1) is 18.3. The molecule has 2 aliphatic rings. The highest BCUT2D eigenvalue weighted by Crippen LogP contribution is 2.24. The van der Waals surface area contributed by atoms with E-state index in [4.69, 9.17) is 0 Å². The lowest BCUT2D eigenvalue weighted by molar-refractivity contribution is 0.122. The van der Waals surface area contributed by atoms with Gasteiger partial charge in [0.15, 0.2) is 0 Å². The molecule has 3 heterocycles. The minimum Gasteiger partial charge on any atom is -0.322 e. The molecule has 2 aliphatic heterocycles. The molecule has 4 rings (SSSR count). The number of piperidine rings is 1. The molecular formula is C20H30N6O. The van der Waals surface area contributed by atoms with Gasteiger partial charge in [-0.1, -0.05) is 6.07 Å². The molecule has 0 aliphatic carbocycles. The highest BCUT2D eigenvalue weighted by molar-refractivity contribution is 6.00. The average Bonchev–Trinajstić information content (AvgIpc) is 3.18. The fourth-order valence-electron chi connectivity index (χ4n) is 4.24. The van der Waals surface area contributed by atoms with E-state index in [1.165, 1.54) is 6.42 Å². The Balaban J connectivity index is 1.38. The van der Waals surface area contributed by atoms with E-state index in [0.29, 0.717) is 6.04 Å². The first-order valence-electron chi connectivity index (χ1n) is 10.1. The van der Waals surface area contributed by atoms with Crippen LogP contribution in [0.1, 0.15) is 25.7 Å². The zero-order chi connectivity index (χ0) is 18.6. The third-order valence-electron chi connectivity index (χ3n) is 5.99. The molecular weight excluding hydrogens is 340 g/mol. The van der Waals surface area contributed by atoms with E-state index in [0.717, 1.165) is 75.1 Å². The fourth-order valence-corrected chi connectivity index (χ4v) is 4.24. The number of H-pyrrole nitrogens is 1. The summed E-state index contributed by atoms with van der Waals surface area (Å²) in [5.74, 6) is 0. The molecule has 2 N–H and O–H groups in total. The van der Waals surface area contributed by atoms with Crippen LogP contribution in [0, 0.1) is 0 Å². The smallest absolute Gasteiger partial charge is 0.322 e. The van der Waals surface area contributed by atoms with Crippen LogP contribution in [0.3, 0.4) is 0 Å². The summed E-state index contributed by atoms with van der Waals surface area (Å²) in [4.78, 5) is 20.0. The first-order chi connectivity index (χ1) is 13.2. The molecule has 1 aromatic carbocycles. The number of fused-ring (bicyclic) bond motifs is 1. The van der Waals surface area contributed by atoms with Gasteiger partial charge in [-0.05, 0) is 44.9 Å². The number of benzene rings is 1. The van der Waals surface area contributed by atoms with E-state index in [-0.39, 0.29) is 6.03 Å². The predicted molar refractivity (Wildman–Crippen MR) is 108 cm³/mol. The summed E-state index contributed by atoms with van der Waals surface area (Å²) in [6, 6.07) is 6.21. The topological polar surface area (TPSA) is 67.5 Å². The summed E-state index contributed by atoms with van der Waals surface area (Å²) >= 11 is 0. The van der Waals surface area contributed by atoms with Gasteiger partial charge in [0.05, 0.1) is 17.4 Å². The number of anilines is 1. The van der Waals surface area contributed by atoms with Crippen LogP contribution in [-0.4, -0.2) is 83.3 Å². The SMILES string of the molecule is CN1CCN(CC[C@@H]2CCCCN2C(=O)Nc2cccc3[nH]ncc23)CC1. The van der Waals surface area contributed by atoms with E-state index < -0.39 is 0 Å². The van der Waals surface area contributed by atoms with Gasteiger partial charge < -0.3 is 20.0 Å². The second-order valence-corrected chi connectivity index (χ2v) is 7.84. The Morgan fingerprint density at radius 1 is 1.22 bits per heavy atom. The molecule has 0 spiro atoms. The maximum absolute atomic E-state index is 13.0. The zero-order valence-corrected chi connectivity index (χ0v) is 16.2. The number of likely N-dealkylation sites (N-methyl/N-ethyl adjacent to an activating group) is 1. The number of nitrogens with zero attached hydrogens (tertiary/aromatic N) is 4. The second-order valence-electron chi connectivity index (χ2n) is 7.84. The molecule has 2 amide bonds. The van der Waals surface area contributed by atoms with Crippen LogP contribution in [0.5, 0.6) is 0 Å². The number of carbonyl (C=O) groups is 1. The minimum absolute atomic E-state index is 0.0202. The van der Waals surface area contributed by atoms with Crippen LogP contribution in [0.2, 0.25) is 0 Å². The Hall–Kier alpha value is -2.12. The Morgan fingerprint density at radius 2 is 2.07 bits per heavy atom. The molecule has 7 heteroatoms. The molecule has 27 heavy (non-hydrogen) atoms. The number of hydrogen-bond donors (Lipinski definition) is 2. The van der Waals surface area contributed by atoms with E-state index in [1.807, 2.05) is 18.2 Å². The number of piperazine rings is 1. The maximum atomic E-state index is 13.0. The van der Waals surface area contributed by atoms with Gasteiger partial charge in [0.25, 0.3) is 0 Å². The van der Waals surface area contributed by atoms with Crippen molar-refractivity contribution in [3.05, 3.63) is 24.4 Å². The summed E-state index contributed by atoms with van der Waals surface area (Å²) in [5, 5.41) is 11.1. The predicted octanol–water partition coefficient (Wildman–Crippen LogP) is 2.59. The second kappa shape index (κ2) is 8.27. The minimum atomic E-state index is 0.0202. The Kier molecular flexibility index (Phi) is 5.59. The lowest BCUT2D eigenvalue weighted by Crippen LogP contribution is -2.49. The number of carbonyl (C=O) groups excluding carboxylic acids is 1. The van der Waals surface area contributed by atoms with E-state index in [2.05, 4.69) is 37.3 Å². The van der Waals surface area contributed by atoms with Crippen LogP contribution in [0.15, 0.2) is 24.4 Å². The zero-order valence-electron chi connectivity index (χ0n) is 16.2. The average molecular weight is 371 g/mol. The third kappa shape index (κ3) is 4.25. The van der Waals surface area contributed by atoms with Gasteiger partial charge in [0.1, 0.15) is 0 Å². The lowest BCUT2D eigenvalue weighted by atomic mass is 9.99. The van der Waals surface area contributed by atoms with E-state index in [9.17, 15) is 4.79 Å².